The van der Waals surface area contributed by atoms with Crippen LogP contribution < -0.4 is 11.1 Å². The number of carbonyl (C=O) groups is 1. The minimum absolute atomic E-state index is 0.238. The maximum atomic E-state index is 12.3. The van der Waals surface area contributed by atoms with Gasteiger partial charge in [0.05, 0.1) is 5.52 Å². The number of rotatable bonds is 3. The van der Waals surface area contributed by atoms with Crippen LogP contribution in [0.1, 0.15) is 22.8 Å². The van der Waals surface area contributed by atoms with Gasteiger partial charge in [-0.25, -0.2) is 4.79 Å². The van der Waals surface area contributed by atoms with Crippen LogP contribution in [0.5, 0.6) is 0 Å². The smallest absolute Gasteiger partial charge is 0.408 e. The number of nitrogens with one attached hydrogen (secondary N) is 1. The standard InChI is InChI=1S/C17H16N2O3/c1-3-11-4-7-13(8-5-11)18-16(20)12-6-9-14-15(10-12)22-17(21)19(14)2/h4-10H,3H2,1-2H3,(H,18,20). The largest absolute Gasteiger partial charge is 0.419 e. The number of benzene rings is 2. The highest BCUT2D eigenvalue weighted by Gasteiger charge is 2.11. The summed E-state index contributed by atoms with van der Waals surface area (Å²) in [5.74, 6) is -0.680. The Labute approximate surface area is 127 Å². The summed E-state index contributed by atoms with van der Waals surface area (Å²) in [4.78, 5) is 23.7. The molecule has 3 rings (SSSR count). The Morgan fingerprint density at radius 1 is 1.18 bits per heavy atom. The van der Waals surface area contributed by atoms with Crippen molar-refractivity contribution < 1.29 is 9.21 Å². The minimum atomic E-state index is -0.442. The van der Waals surface area contributed by atoms with E-state index in [1.54, 1.807) is 25.2 Å². The Morgan fingerprint density at radius 3 is 2.59 bits per heavy atom. The molecule has 1 aromatic heterocycles. The van der Waals surface area contributed by atoms with Crippen molar-refractivity contribution in [2.24, 2.45) is 7.05 Å². The van der Waals surface area contributed by atoms with Crippen LogP contribution in [0.25, 0.3) is 11.1 Å². The van der Waals surface area contributed by atoms with Gasteiger partial charge >= 0.3 is 5.76 Å². The van der Waals surface area contributed by atoms with E-state index in [0.717, 1.165) is 12.1 Å². The van der Waals surface area contributed by atoms with Gasteiger partial charge in [-0.1, -0.05) is 19.1 Å². The zero-order chi connectivity index (χ0) is 15.7. The van der Waals surface area contributed by atoms with Gasteiger partial charge in [0.1, 0.15) is 0 Å². The van der Waals surface area contributed by atoms with E-state index in [1.807, 2.05) is 24.3 Å². The van der Waals surface area contributed by atoms with E-state index in [-0.39, 0.29) is 5.91 Å². The molecule has 2 aromatic carbocycles. The second kappa shape index (κ2) is 5.52. The number of hydrogen-bond acceptors (Lipinski definition) is 3. The average molecular weight is 296 g/mol. The molecule has 0 aliphatic heterocycles. The van der Waals surface area contributed by atoms with Gasteiger partial charge in [0, 0.05) is 18.3 Å². The zero-order valence-electron chi connectivity index (χ0n) is 12.4. The summed E-state index contributed by atoms with van der Waals surface area (Å²) in [6, 6.07) is 12.7. The van der Waals surface area contributed by atoms with Crippen molar-refractivity contribution in [3.05, 3.63) is 64.1 Å². The SMILES string of the molecule is CCc1ccc(NC(=O)c2ccc3c(c2)oc(=O)n3C)cc1. The number of anilines is 1. The number of carbonyl (C=O) groups excluding carboxylic acids is 1. The Bertz CT molecular complexity index is 888. The fraction of sp³-hybridized carbons (Fsp3) is 0.176. The van der Waals surface area contributed by atoms with Crippen LogP contribution >= 0.6 is 0 Å². The van der Waals surface area contributed by atoms with Crippen molar-refractivity contribution in [3.63, 3.8) is 0 Å². The molecule has 1 amide bonds. The molecule has 0 saturated heterocycles. The number of hydrogen-bond donors (Lipinski definition) is 1. The van der Waals surface area contributed by atoms with Crippen molar-refractivity contribution in [1.82, 2.24) is 4.57 Å². The third kappa shape index (κ3) is 2.53. The highest BCUT2D eigenvalue weighted by molar-refractivity contribution is 6.05. The molecule has 0 aliphatic rings. The number of nitrogens with zero attached hydrogens (tertiary/aromatic N) is 1. The van der Waals surface area contributed by atoms with Gasteiger partial charge in [-0.3, -0.25) is 9.36 Å². The first-order chi connectivity index (χ1) is 10.6. The number of oxazole rings is 1. The van der Waals surface area contributed by atoms with E-state index in [9.17, 15) is 9.59 Å². The zero-order valence-corrected chi connectivity index (χ0v) is 12.4. The predicted octanol–water partition coefficient (Wildman–Crippen LogP) is 2.95. The Kier molecular flexibility index (Phi) is 3.55. The van der Waals surface area contributed by atoms with Gasteiger partial charge in [-0.05, 0) is 42.3 Å². The molecule has 5 heteroatoms. The van der Waals surface area contributed by atoms with E-state index in [4.69, 9.17) is 4.42 Å². The van der Waals surface area contributed by atoms with Crippen LogP contribution in [0.15, 0.2) is 51.7 Å². The van der Waals surface area contributed by atoms with Crippen LogP contribution in [0, 0.1) is 0 Å². The molecule has 0 atom stereocenters. The minimum Gasteiger partial charge on any atom is -0.408 e. The van der Waals surface area contributed by atoms with Gasteiger partial charge in [0.15, 0.2) is 5.58 Å². The monoisotopic (exact) mass is 296 g/mol. The Hall–Kier alpha value is -2.82. The molecule has 0 saturated carbocycles. The van der Waals surface area contributed by atoms with Crippen LogP contribution in [-0.2, 0) is 13.5 Å². The molecule has 0 radical (unpaired) electrons. The van der Waals surface area contributed by atoms with E-state index in [0.29, 0.717) is 16.7 Å². The summed E-state index contributed by atoms with van der Waals surface area (Å²) in [7, 11) is 1.63. The second-order valence-electron chi connectivity index (χ2n) is 5.11. The van der Waals surface area contributed by atoms with Crippen molar-refractivity contribution in [2.75, 3.05) is 5.32 Å². The topological polar surface area (TPSA) is 64.2 Å². The first-order valence-electron chi connectivity index (χ1n) is 7.08. The van der Waals surface area contributed by atoms with Crippen molar-refractivity contribution in [1.29, 1.82) is 0 Å². The third-order valence-electron chi connectivity index (χ3n) is 3.67. The number of fused-ring (bicyclic) bond motifs is 1. The molecule has 0 unspecified atom stereocenters. The summed E-state index contributed by atoms with van der Waals surface area (Å²) < 4.78 is 6.50. The molecule has 0 fully saturated rings. The molecule has 1 N–H and O–H groups in total. The summed E-state index contributed by atoms with van der Waals surface area (Å²) in [6.45, 7) is 2.08. The van der Waals surface area contributed by atoms with Crippen LogP contribution in [0.3, 0.4) is 0 Å². The molecular weight excluding hydrogens is 280 g/mol. The number of amides is 1. The molecule has 0 aliphatic carbocycles. The third-order valence-corrected chi connectivity index (χ3v) is 3.67. The van der Waals surface area contributed by atoms with E-state index in [1.165, 1.54) is 10.1 Å². The van der Waals surface area contributed by atoms with E-state index in [2.05, 4.69) is 12.2 Å². The quantitative estimate of drug-likeness (QED) is 0.808. The Morgan fingerprint density at radius 2 is 1.91 bits per heavy atom. The first-order valence-corrected chi connectivity index (χ1v) is 7.08. The van der Waals surface area contributed by atoms with Gasteiger partial charge in [-0.15, -0.1) is 0 Å². The van der Waals surface area contributed by atoms with E-state index < -0.39 is 5.76 Å². The molecule has 5 nitrogen and oxygen atoms in total. The van der Waals surface area contributed by atoms with Crippen molar-refractivity contribution in [3.8, 4) is 0 Å². The summed E-state index contributed by atoms with van der Waals surface area (Å²) >= 11 is 0. The average Bonchev–Trinajstić information content (AvgIpc) is 2.82. The fourth-order valence-corrected chi connectivity index (χ4v) is 2.30. The van der Waals surface area contributed by atoms with Gasteiger partial charge in [0.25, 0.3) is 5.91 Å². The lowest BCUT2D eigenvalue weighted by atomic mass is 10.1. The Balaban J connectivity index is 1.86. The molecule has 112 valence electrons. The second-order valence-corrected chi connectivity index (χ2v) is 5.11. The first kappa shape index (κ1) is 14.1. The summed E-state index contributed by atoms with van der Waals surface area (Å²) in [5, 5.41) is 2.83. The molecule has 1 heterocycles. The number of aryl methyl sites for hydroxylation is 2. The summed E-state index contributed by atoms with van der Waals surface area (Å²) in [6.07, 6.45) is 0.956. The highest BCUT2D eigenvalue weighted by Crippen LogP contribution is 2.16. The fourth-order valence-electron chi connectivity index (χ4n) is 2.30. The van der Waals surface area contributed by atoms with Crippen LogP contribution in [0.2, 0.25) is 0 Å². The van der Waals surface area contributed by atoms with Crippen molar-refractivity contribution >= 4 is 22.7 Å². The normalized spacial score (nSPS) is 10.8. The maximum Gasteiger partial charge on any atom is 0.419 e. The molecule has 0 spiro atoms. The predicted molar refractivity (Wildman–Crippen MR) is 85.2 cm³/mol. The molecule has 0 bridgehead atoms. The molecule has 3 aromatic rings. The van der Waals surface area contributed by atoms with Gasteiger partial charge in [-0.2, -0.15) is 0 Å². The highest BCUT2D eigenvalue weighted by atomic mass is 16.4. The van der Waals surface area contributed by atoms with E-state index >= 15 is 0 Å². The summed E-state index contributed by atoms with van der Waals surface area (Å²) in [5.41, 5.74) is 3.46. The lowest BCUT2D eigenvalue weighted by Gasteiger charge is -2.06. The lowest BCUT2D eigenvalue weighted by molar-refractivity contribution is 0.102. The molecule has 22 heavy (non-hydrogen) atoms. The van der Waals surface area contributed by atoms with Crippen LogP contribution in [-0.4, -0.2) is 10.5 Å². The van der Waals surface area contributed by atoms with Crippen molar-refractivity contribution in [2.45, 2.75) is 13.3 Å². The van der Waals surface area contributed by atoms with Crippen LogP contribution in [0.4, 0.5) is 5.69 Å². The molecular formula is C17H16N2O3. The van der Waals surface area contributed by atoms with Gasteiger partial charge in [0.2, 0.25) is 0 Å². The lowest BCUT2D eigenvalue weighted by Crippen LogP contribution is -2.11. The number of aromatic nitrogens is 1. The maximum absolute atomic E-state index is 12.3. The van der Waals surface area contributed by atoms with Gasteiger partial charge < -0.3 is 9.73 Å².